The van der Waals surface area contributed by atoms with Crippen molar-refractivity contribution in [2.75, 3.05) is 6.54 Å². The van der Waals surface area contributed by atoms with Crippen LogP contribution >= 0.6 is 0 Å². The van der Waals surface area contributed by atoms with Gasteiger partial charge in [0.1, 0.15) is 0 Å². The average molecular weight is 351 g/mol. The van der Waals surface area contributed by atoms with Crippen LogP contribution in [0, 0.1) is 23.7 Å². The Bertz CT molecular complexity index is 498. The number of fused-ring (bicyclic) bond motifs is 1. The van der Waals surface area contributed by atoms with E-state index in [1.807, 2.05) is 0 Å². The molecule has 0 aromatic heterocycles. The van der Waals surface area contributed by atoms with Crippen LogP contribution in [0.25, 0.3) is 0 Å². The van der Waals surface area contributed by atoms with Crippen molar-refractivity contribution in [3.63, 3.8) is 0 Å². The molecule has 8 unspecified atom stereocenters. The lowest BCUT2D eigenvalue weighted by Crippen LogP contribution is -2.54. The Labute approximate surface area is 151 Å². The number of rotatable bonds is 5. The number of carbonyl (C=O) groups excluding carboxylic acids is 1. The first kappa shape index (κ1) is 17.7. The van der Waals surface area contributed by atoms with Crippen LogP contribution in [0.5, 0.6) is 0 Å². The Kier molecular flexibility index (Phi) is 5.06. The van der Waals surface area contributed by atoms with E-state index in [1.54, 1.807) is 0 Å². The highest BCUT2D eigenvalue weighted by molar-refractivity contribution is 5.82. The lowest BCUT2D eigenvalue weighted by atomic mass is 9.78. The SMILES string of the molecule is CC1CCCC2CC(C(=O)NC(C3CC3)C3C(C)NOC3CN)NC12. The normalized spacial score (nSPS) is 45.2. The fraction of sp³-hybridized carbons (Fsp3) is 0.947. The van der Waals surface area contributed by atoms with E-state index >= 15 is 0 Å². The third-order valence-corrected chi connectivity index (χ3v) is 7.10. The van der Waals surface area contributed by atoms with E-state index in [-0.39, 0.29) is 36.1 Å². The van der Waals surface area contributed by atoms with Crippen molar-refractivity contribution in [1.29, 1.82) is 0 Å². The van der Waals surface area contributed by atoms with Gasteiger partial charge in [-0.15, -0.1) is 0 Å². The number of nitrogens with one attached hydrogen (secondary N) is 3. The highest BCUT2D eigenvalue weighted by atomic mass is 16.7. The molecule has 25 heavy (non-hydrogen) atoms. The molecular formula is C19H34N4O2. The molecule has 2 saturated heterocycles. The second kappa shape index (κ2) is 7.14. The van der Waals surface area contributed by atoms with Gasteiger partial charge in [-0.2, -0.15) is 5.48 Å². The molecule has 8 atom stereocenters. The summed E-state index contributed by atoms with van der Waals surface area (Å²) in [5, 5.41) is 7.06. The molecule has 0 aromatic carbocycles. The van der Waals surface area contributed by atoms with Crippen molar-refractivity contribution in [3.8, 4) is 0 Å². The smallest absolute Gasteiger partial charge is 0.237 e. The Balaban J connectivity index is 1.42. The van der Waals surface area contributed by atoms with Crippen LogP contribution in [0.4, 0.5) is 0 Å². The summed E-state index contributed by atoms with van der Waals surface area (Å²) in [5.41, 5.74) is 8.98. The zero-order chi connectivity index (χ0) is 17.6. The van der Waals surface area contributed by atoms with Gasteiger partial charge in [-0.05, 0) is 56.8 Å². The van der Waals surface area contributed by atoms with E-state index in [9.17, 15) is 4.79 Å². The van der Waals surface area contributed by atoms with E-state index in [0.717, 1.165) is 6.42 Å². The zero-order valence-electron chi connectivity index (χ0n) is 15.5. The largest absolute Gasteiger partial charge is 0.351 e. The molecule has 0 spiro atoms. The van der Waals surface area contributed by atoms with Gasteiger partial charge in [0.25, 0.3) is 0 Å². The molecule has 0 aromatic rings. The van der Waals surface area contributed by atoms with Crippen molar-refractivity contribution in [1.82, 2.24) is 16.1 Å². The van der Waals surface area contributed by atoms with E-state index in [4.69, 9.17) is 10.6 Å². The summed E-state index contributed by atoms with van der Waals surface area (Å²) in [7, 11) is 0. The van der Waals surface area contributed by atoms with Crippen LogP contribution in [0.3, 0.4) is 0 Å². The number of carbonyl (C=O) groups is 1. The van der Waals surface area contributed by atoms with Crippen molar-refractivity contribution < 1.29 is 9.63 Å². The molecule has 4 aliphatic rings. The first-order valence-corrected chi connectivity index (χ1v) is 10.3. The Morgan fingerprint density at radius 1 is 1.28 bits per heavy atom. The molecule has 2 heterocycles. The Morgan fingerprint density at radius 2 is 2.08 bits per heavy atom. The maximum atomic E-state index is 13.0. The Hall–Kier alpha value is -0.690. The second-order valence-electron chi connectivity index (χ2n) is 8.90. The van der Waals surface area contributed by atoms with Crippen LogP contribution in [-0.2, 0) is 9.63 Å². The van der Waals surface area contributed by atoms with E-state index in [1.165, 1.54) is 32.1 Å². The molecule has 1 amide bonds. The van der Waals surface area contributed by atoms with Gasteiger partial charge in [0.2, 0.25) is 5.91 Å². The average Bonchev–Trinajstić information content (AvgIpc) is 3.23. The number of hydroxylamine groups is 1. The maximum Gasteiger partial charge on any atom is 0.237 e. The predicted octanol–water partition coefficient (Wildman–Crippen LogP) is 0.915. The number of hydrogen-bond donors (Lipinski definition) is 4. The molecular weight excluding hydrogens is 316 g/mol. The van der Waals surface area contributed by atoms with Crippen molar-refractivity contribution >= 4 is 5.91 Å². The molecule has 4 rings (SSSR count). The van der Waals surface area contributed by atoms with E-state index < -0.39 is 0 Å². The fourth-order valence-electron chi connectivity index (χ4n) is 5.55. The maximum absolute atomic E-state index is 13.0. The molecule has 5 N–H and O–H groups in total. The van der Waals surface area contributed by atoms with E-state index in [0.29, 0.717) is 30.3 Å². The summed E-state index contributed by atoms with van der Waals surface area (Å²) in [6.07, 6.45) is 7.24. The molecule has 6 nitrogen and oxygen atoms in total. The van der Waals surface area contributed by atoms with Gasteiger partial charge in [-0.3, -0.25) is 9.63 Å². The molecule has 2 saturated carbocycles. The van der Waals surface area contributed by atoms with Crippen LogP contribution < -0.4 is 21.8 Å². The van der Waals surface area contributed by atoms with E-state index in [2.05, 4.69) is 30.0 Å². The minimum Gasteiger partial charge on any atom is -0.351 e. The quantitative estimate of drug-likeness (QED) is 0.592. The highest BCUT2D eigenvalue weighted by Crippen LogP contribution is 2.40. The van der Waals surface area contributed by atoms with Gasteiger partial charge in [0, 0.05) is 30.6 Å². The summed E-state index contributed by atoms with van der Waals surface area (Å²) in [6.45, 7) is 4.95. The first-order chi connectivity index (χ1) is 12.1. The summed E-state index contributed by atoms with van der Waals surface area (Å²) in [4.78, 5) is 18.7. The molecule has 0 radical (unpaired) electrons. The van der Waals surface area contributed by atoms with Gasteiger partial charge >= 0.3 is 0 Å². The first-order valence-electron chi connectivity index (χ1n) is 10.3. The molecule has 2 aliphatic heterocycles. The van der Waals surface area contributed by atoms with Crippen molar-refractivity contribution in [2.24, 2.45) is 29.4 Å². The summed E-state index contributed by atoms with van der Waals surface area (Å²) >= 11 is 0. The molecule has 4 fully saturated rings. The van der Waals surface area contributed by atoms with Crippen LogP contribution in [0.15, 0.2) is 0 Å². The molecule has 0 bridgehead atoms. The number of nitrogens with two attached hydrogens (primary N) is 1. The van der Waals surface area contributed by atoms with Crippen molar-refractivity contribution in [2.45, 2.75) is 82.6 Å². The van der Waals surface area contributed by atoms with Crippen molar-refractivity contribution in [3.05, 3.63) is 0 Å². The molecule has 2 aliphatic carbocycles. The Morgan fingerprint density at radius 3 is 2.76 bits per heavy atom. The minimum atomic E-state index is -0.0290. The third-order valence-electron chi connectivity index (χ3n) is 7.10. The van der Waals surface area contributed by atoms with Gasteiger partial charge in [0.05, 0.1) is 12.1 Å². The van der Waals surface area contributed by atoms with Gasteiger partial charge in [0.15, 0.2) is 0 Å². The third kappa shape index (κ3) is 3.46. The summed E-state index contributed by atoms with van der Waals surface area (Å²) in [6, 6.07) is 0.890. The fourth-order valence-corrected chi connectivity index (χ4v) is 5.55. The minimum absolute atomic E-state index is 0.0139. The van der Waals surface area contributed by atoms with Crippen LogP contribution in [0.1, 0.15) is 52.4 Å². The number of amides is 1. The standard InChI is InChI=1S/C19H34N4O2/c1-10-4-3-5-13-8-14(21-17(10)13)19(24)22-18(12-6-7-12)16-11(2)23-25-15(16)9-20/h10-18,21,23H,3-9,20H2,1-2H3,(H,22,24). The topological polar surface area (TPSA) is 88.4 Å². The van der Waals surface area contributed by atoms with Crippen LogP contribution in [-0.4, -0.2) is 42.7 Å². The number of hydrogen-bond acceptors (Lipinski definition) is 5. The summed E-state index contributed by atoms with van der Waals surface area (Å²) in [5.74, 6) is 2.38. The second-order valence-corrected chi connectivity index (χ2v) is 8.90. The predicted molar refractivity (Wildman–Crippen MR) is 96.5 cm³/mol. The van der Waals surface area contributed by atoms with Gasteiger partial charge in [-0.1, -0.05) is 13.3 Å². The zero-order valence-corrected chi connectivity index (χ0v) is 15.5. The van der Waals surface area contributed by atoms with Gasteiger partial charge in [-0.25, -0.2) is 0 Å². The lowest BCUT2D eigenvalue weighted by Gasteiger charge is -2.31. The van der Waals surface area contributed by atoms with Gasteiger partial charge < -0.3 is 16.4 Å². The summed E-state index contributed by atoms with van der Waals surface area (Å²) < 4.78 is 0. The highest BCUT2D eigenvalue weighted by Gasteiger charge is 2.48. The lowest BCUT2D eigenvalue weighted by molar-refractivity contribution is -0.124. The molecule has 142 valence electrons. The molecule has 6 heteroatoms. The monoisotopic (exact) mass is 350 g/mol. The van der Waals surface area contributed by atoms with Crippen LogP contribution in [0.2, 0.25) is 0 Å².